The number of alkyl halides is 3. The molecular weight excluding hydrogens is 471 g/mol. The van der Waals surface area contributed by atoms with Crippen LogP contribution in [0.5, 0.6) is 5.75 Å². The SMILES string of the molecule is O=C(C=Cc1ccccc1)NC(NC(=S)NNC(=O)c1ccccc1O)C(Cl)(Cl)Cl. The normalized spacial score (nSPS) is 12.1. The minimum absolute atomic E-state index is 0.0325. The number of hydrogen-bond acceptors (Lipinski definition) is 4. The monoisotopic (exact) mass is 486 g/mol. The van der Waals surface area contributed by atoms with E-state index in [1.165, 1.54) is 18.2 Å². The fraction of sp³-hybridized carbons (Fsp3) is 0.105. The summed E-state index contributed by atoms with van der Waals surface area (Å²) in [5.41, 5.74) is 5.54. The first-order valence-corrected chi connectivity index (χ1v) is 9.96. The summed E-state index contributed by atoms with van der Waals surface area (Å²) in [4.78, 5) is 24.2. The highest BCUT2D eigenvalue weighted by atomic mass is 35.6. The molecule has 2 amide bonds. The summed E-state index contributed by atoms with van der Waals surface area (Å²) in [6, 6.07) is 15.1. The minimum atomic E-state index is -1.95. The maximum atomic E-state index is 12.2. The maximum Gasteiger partial charge on any atom is 0.273 e. The van der Waals surface area contributed by atoms with Crippen LogP contribution in [-0.4, -0.2) is 32.0 Å². The number of phenols is 1. The molecule has 1 atom stereocenters. The van der Waals surface area contributed by atoms with E-state index in [1.54, 1.807) is 18.2 Å². The zero-order chi connectivity index (χ0) is 22.1. The van der Waals surface area contributed by atoms with Crippen LogP contribution in [-0.2, 0) is 4.79 Å². The average Bonchev–Trinajstić information content (AvgIpc) is 2.70. The lowest BCUT2D eigenvalue weighted by Crippen LogP contribution is -2.59. The number of hydrazine groups is 1. The molecule has 0 fully saturated rings. The second-order valence-electron chi connectivity index (χ2n) is 5.80. The number of aromatic hydroxyl groups is 1. The first-order valence-electron chi connectivity index (χ1n) is 8.42. The molecule has 0 aromatic heterocycles. The van der Waals surface area contributed by atoms with E-state index in [0.29, 0.717) is 0 Å². The third-order valence-corrected chi connectivity index (χ3v) is 4.43. The number of halogens is 3. The van der Waals surface area contributed by atoms with Crippen molar-refractivity contribution >= 4 is 70.0 Å². The van der Waals surface area contributed by atoms with E-state index >= 15 is 0 Å². The lowest BCUT2D eigenvalue weighted by Gasteiger charge is -2.27. The highest BCUT2D eigenvalue weighted by molar-refractivity contribution is 7.80. The smallest absolute Gasteiger partial charge is 0.273 e. The van der Waals surface area contributed by atoms with Crippen LogP contribution in [0.15, 0.2) is 60.7 Å². The molecule has 0 saturated heterocycles. The Hall–Kier alpha value is -2.52. The summed E-state index contributed by atoms with van der Waals surface area (Å²) in [6.45, 7) is 0. The van der Waals surface area contributed by atoms with Crippen molar-refractivity contribution in [3.63, 3.8) is 0 Å². The molecule has 0 aliphatic carbocycles. The predicted octanol–water partition coefficient (Wildman–Crippen LogP) is 3.03. The number of para-hydroxylation sites is 1. The molecule has 0 aliphatic heterocycles. The lowest BCUT2D eigenvalue weighted by atomic mass is 10.2. The molecular formula is C19H17Cl3N4O3S. The van der Waals surface area contributed by atoms with Crippen LogP contribution in [0.25, 0.3) is 6.08 Å². The minimum Gasteiger partial charge on any atom is -0.507 e. The summed E-state index contributed by atoms with van der Waals surface area (Å²) in [5.74, 6) is -1.38. The van der Waals surface area contributed by atoms with E-state index in [0.717, 1.165) is 5.56 Å². The van der Waals surface area contributed by atoms with E-state index in [1.807, 2.05) is 30.3 Å². The van der Waals surface area contributed by atoms with Gasteiger partial charge in [0.15, 0.2) is 5.11 Å². The van der Waals surface area contributed by atoms with Crippen molar-refractivity contribution in [2.24, 2.45) is 0 Å². The Morgan fingerprint density at radius 1 is 0.967 bits per heavy atom. The Morgan fingerprint density at radius 3 is 2.23 bits per heavy atom. The van der Waals surface area contributed by atoms with Crippen molar-refractivity contribution in [3.8, 4) is 5.75 Å². The third kappa shape index (κ3) is 7.72. The summed E-state index contributed by atoms with van der Waals surface area (Å²) in [7, 11) is 0. The van der Waals surface area contributed by atoms with Gasteiger partial charge in [-0.25, -0.2) is 0 Å². The number of phenolic OH excluding ortho intramolecular Hbond substituents is 1. The number of amides is 2. The highest BCUT2D eigenvalue weighted by Gasteiger charge is 2.34. The Balaban J connectivity index is 1.93. The molecule has 1 unspecified atom stereocenters. The fourth-order valence-electron chi connectivity index (χ4n) is 2.14. The molecule has 11 heteroatoms. The Morgan fingerprint density at radius 2 is 1.60 bits per heavy atom. The zero-order valence-corrected chi connectivity index (χ0v) is 18.3. The second kappa shape index (κ2) is 11.0. The van der Waals surface area contributed by atoms with Gasteiger partial charge in [-0.1, -0.05) is 77.3 Å². The number of carbonyl (C=O) groups excluding carboxylic acids is 2. The maximum absolute atomic E-state index is 12.2. The summed E-state index contributed by atoms with van der Waals surface area (Å²) >= 11 is 22.8. The number of carbonyl (C=O) groups is 2. The van der Waals surface area contributed by atoms with Gasteiger partial charge in [0.05, 0.1) is 5.56 Å². The molecule has 0 aliphatic rings. The van der Waals surface area contributed by atoms with Crippen molar-refractivity contribution in [2.75, 3.05) is 0 Å². The fourth-order valence-corrected chi connectivity index (χ4v) is 2.64. The van der Waals surface area contributed by atoms with E-state index in [4.69, 9.17) is 47.0 Å². The third-order valence-electron chi connectivity index (χ3n) is 3.55. The van der Waals surface area contributed by atoms with Crippen molar-refractivity contribution in [1.82, 2.24) is 21.5 Å². The molecule has 0 radical (unpaired) electrons. The van der Waals surface area contributed by atoms with Gasteiger partial charge < -0.3 is 15.7 Å². The molecule has 0 saturated carbocycles. The lowest BCUT2D eigenvalue weighted by molar-refractivity contribution is -0.117. The molecule has 7 nitrogen and oxygen atoms in total. The number of thiocarbonyl (C=S) groups is 1. The Labute approximate surface area is 193 Å². The van der Waals surface area contributed by atoms with E-state index in [9.17, 15) is 14.7 Å². The Kier molecular flexibility index (Phi) is 8.73. The summed E-state index contributed by atoms with van der Waals surface area (Å²) in [5, 5.41) is 14.6. The topological polar surface area (TPSA) is 102 Å². The predicted molar refractivity (Wildman–Crippen MR) is 122 cm³/mol. The molecule has 0 spiro atoms. The van der Waals surface area contributed by atoms with Crippen molar-refractivity contribution in [3.05, 3.63) is 71.8 Å². The molecule has 30 heavy (non-hydrogen) atoms. The summed E-state index contributed by atoms with van der Waals surface area (Å²) < 4.78 is -1.95. The van der Waals surface area contributed by atoms with E-state index in [2.05, 4.69) is 21.5 Å². The highest BCUT2D eigenvalue weighted by Crippen LogP contribution is 2.29. The second-order valence-corrected chi connectivity index (χ2v) is 8.57. The zero-order valence-electron chi connectivity index (χ0n) is 15.2. The molecule has 158 valence electrons. The number of hydrogen-bond donors (Lipinski definition) is 5. The summed E-state index contributed by atoms with van der Waals surface area (Å²) in [6.07, 6.45) is 1.66. The largest absolute Gasteiger partial charge is 0.507 e. The van der Waals surface area contributed by atoms with Crippen LogP contribution in [0.4, 0.5) is 0 Å². The van der Waals surface area contributed by atoms with Gasteiger partial charge in [0.25, 0.3) is 5.91 Å². The van der Waals surface area contributed by atoms with Gasteiger partial charge in [-0.15, -0.1) is 0 Å². The van der Waals surface area contributed by atoms with Crippen LogP contribution < -0.4 is 21.5 Å². The molecule has 0 heterocycles. The number of nitrogens with one attached hydrogen (secondary N) is 4. The van der Waals surface area contributed by atoms with Gasteiger partial charge >= 0.3 is 0 Å². The van der Waals surface area contributed by atoms with E-state index in [-0.39, 0.29) is 16.4 Å². The first kappa shape index (κ1) is 23.8. The molecule has 2 aromatic rings. The van der Waals surface area contributed by atoms with Crippen LogP contribution in [0.1, 0.15) is 15.9 Å². The van der Waals surface area contributed by atoms with E-state index < -0.39 is 21.8 Å². The van der Waals surface area contributed by atoms with Crippen LogP contribution in [0.2, 0.25) is 0 Å². The van der Waals surface area contributed by atoms with Crippen LogP contribution in [0.3, 0.4) is 0 Å². The standard InChI is InChI=1S/C19H17Cl3N4O3S/c20-19(21,22)17(23-15(28)11-10-12-6-2-1-3-7-12)24-18(30)26-25-16(29)13-8-4-5-9-14(13)27/h1-11,17,27H,(H,23,28)(H,25,29)(H2,24,26,30). The van der Waals surface area contributed by atoms with Gasteiger partial charge in [0.1, 0.15) is 11.9 Å². The Bertz CT molecular complexity index is 936. The van der Waals surface area contributed by atoms with Gasteiger partial charge in [0.2, 0.25) is 9.70 Å². The number of rotatable bonds is 5. The number of benzene rings is 2. The van der Waals surface area contributed by atoms with Gasteiger partial charge in [0, 0.05) is 6.08 Å². The molecule has 5 N–H and O–H groups in total. The van der Waals surface area contributed by atoms with Crippen LogP contribution >= 0.6 is 47.0 Å². The first-order chi connectivity index (χ1) is 14.2. The molecule has 2 aromatic carbocycles. The average molecular weight is 488 g/mol. The van der Waals surface area contributed by atoms with Gasteiger partial charge in [-0.3, -0.25) is 20.4 Å². The van der Waals surface area contributed by atoms with Crippen molar-refractivity contribution < 1.29 is 14.7 Å². The van der Waals surface area contributed by atoms with Gasteiger partial charge in [-0.2, -0.15) is 0 Å². The molecule has 2 rings (SSSR count). The van der Waals surface area contributed by atoms with Crippen LogP contribution in [0, 0.1) is 0 Å². The van der Waals surface area contributed by atoms with Gasteiger partial charge in [-0.05, 0) is 36.0 Å². The van der Waals surface area contributed by atoms with Crippen molar-refractivity contribution in [1.29, 1.82) is 0 Å². The quantitative estimate of drug-likeness (QED) is 0.146. The van der Waals surface area contributed by atoms with Crippen molar-refractivity contribution in [2.45, 2.75) is 9.96 Å². The molecule has 0 bridgehead atoms.